The van der Waals surface area contributed by atoms with Crippen LogP contribution in [-0.2, 0) is 0 Å². The number of ether oxygens (including phenoxy) is 1. The minimum absolute atomic E-state index is 0.160. The summed E-state index contributed by atoms with van der Waals surface area (Å²) in [5, 5.41) is 5.90. The topological polar surface area (TPSA) is 76.4 Å². The summed E-state index contributed by atoms with van der Waals surface area (Å²) >= 11 is 7.55. The Balaban J connectivity index is 1.56. The number of carbonyl (C=O) groups excluding carboxylic acids is 1. The molecule has 0 saturated heterocycles. The first-order valence-electron chi connectivity index (χ1n) is 10.3. The highest BCUT2D eigenvalue weighted by atomic mass is 127. The molecule has 1 heterocycles. The van der Waals surface area contributed by atoms with Gasteiger partial charge in [0.05, 0.1) is 12.8 Å². The van der Waals surface area contributed by atoms with E-state index in [2.05, 4.69) is 58.1 Å². The third-order valence-electron chi connectivity index (χ3n) is 5.11. The van der Waals surface area contributed by atoms with Crippen LogP contribution in [0.5, 0.6) is 5.75 Å². The van der Waals surface area contributed by atoms with Gasteiger partial charge in [-0.2, -0.15) is 0 Å². The number of hydrogen-bond acceptors (Lipinski definition) is 5. The van der Waals surface area contributed by atoms with E-state index in [-0.39, 0.29) is 11.0 Å². The van der Waals surface area contributed by atoms with Gasteiger partial charge in [-0.05, 0) is 101 Å². The zero-order valence-corrected chi connectivity index (χ0v) is 21.3. The van der Waals surface area contributed by atoms with Gasteiger partial charge in [-0.1, -0.05) is 19.9 Å². The monoisotopic (exact) mass is 571 g/mol. The molecule has 4 rings (SSSR count). The maximum absolute atomic E-state index is 12.5. The summed E-state index contributed by atoms with van der Waals surface area (Å²) in [6.07, 6.45) is 0. The molecule has 4 aromatic rings. The number of thiocarbonyl (C=S) groups is 1. The summed E-state index contributed by atoms with van der Waals surface area (Å²) in [5.41, 5.74) is 4.60. The largest absolute Gasteiger partial charge is 0.495 e. The lowest BCUT2D eigenvalue weighted by atomic mass is 10.0. The van der Waals surface area contributed by atoms with E-state index >= 15 is 0 Å². The van der Waals surface area contributed by atoms with Crippen LogP contribution >= 0.6 is 34.8 Å². The molecule has 0 atom stereocenters. The smallest absolute Gasteiger partial charge is 0.257 e. The van der Waals surface area contributed by atoms with Crippen LogP contribution in [0, 0.1) is 3.57 Å². The minimum Gasteiger partial charge on any atom is -0.495 e. The van der Waals surface area contributed by atoms with E-state index in [4.69, 9.17) is 21.4 Å². The van der Waals surface area contributed by atoms with Crippen LogP contribution in [0.15, 0.2) is 65.1 Å². The van der Waals surface area contributed by atoms with Gasteiger partial charge >= 0.3 is 0 Å². The van der Waals surface area contributed by atoms with Crippen LogP contribution in [0.25, 0.3) is 22.6 Å². The Morgan fingerprint density at radius 1 is 1.09 bits per heavy atom. The van der Waals surface area contributed by atoms with E-state index in [0.29, 0.717) is 28.8 Å². The first-order valence-corrected chi connectivity index (χ1v) is 11.8. The molecule has 2 N–H and O–H groups in total. The third kappa shape index (κ3) is 5.33. The number of aromatic nitrogens is 1. The van der Waals surface area contributed by atoms with Crippen molar-refractivity contribution in [1.29, 1.82) is 0 Å². The van der Waals surface area contributed by atoms with Crippen LogP contribution in [0.2, 0.25) is 0 Å². The Morgan fingerprint density at radius 2 is 1.85 bits per heavy atom. The Labute approximate surface area is 210 Å². The average Bonchev–Trinajstić information content (AvgIpc) is 3.22. The second-order valence-electron chi connectivity index (χ2n) is 7.73. The molecule has 0 spiro atoms. The predicted octanol–water partition coefficient (Wildman–Crippen LogP) is 6.36. The highest BCUT2D eigenvalue weighted by Gasteiger charge is 2.15. The first-order chi connectivity index (χ1) is 15.8. The fourth-order valence-corrected chi connectivity index (χ4v) is 3.86. The minimum atomic E-state index is -0.293. The summed E-state index contributed by atoms with van der Waals surface area (Å²) in [6, 6.07) is 18.8. The number of amides is 1. The highest BCUT2D eigenvalue weighted by Crippen LogP contribution is 2.32. The molecule has 0 aliphatic heterocycles. The predicted molar refractivity (Wildman–Crippen MR) is 143 cm³/mol. The lowest BCUT2D eigenvalue weighted by Gasteiger charge is -2.13. The number of benzene rings is 3. The van der Waals surface area contributed by atoms with Gasteiger partial charge in [0.2, 0.25) is 5.89 Å². The van der Waals surface area contributed by atoms with E-state index in [0.717, 1.165) is 20.2 Å². The van der Waals surface area contributed by atoms with Crippen LogP contribution in [0.3, 0.4) is 0 Å². The molecule has 1 aromatic heterocycles. The Bertz CT molecular complexity index is 1330. The number of rotatable bonds is 5. The number of methoxy groups -OCH3 is 1. The van der Waals surface area contributed by atoms with Crippen LogP contribution in [0.4, 0.5) is 5.69 Å². The van der Waals surface area contributed by atoms with E-state index in [9.17, 15) is 4.79 Å². The number of halogens is 1. The molecule has 0 fully saturated rings. The Morgan fingerprint density at radius 3 is 2.55 bits per heavy atom. The third-order valence-corrected chi connectivity index (χ3v) is 6.03. The second-order valence-corrected chi connectivity index (χ2v) is 9.38. The molecule has 0 aliphatic rings. The zero-order chi connectivity index (χ0) is 23.5. The van der Waals surface area contributed by atoms with Crippen molar-refractivity contribution in [2.24, 2.45) is 0 Å². The molecule has 0 saturated carbocycles. The van der Waals surface area contributed by atoms with Crippen LogP contribution in [0.1, 0.15) is 35.7 Å². The van der Waals surface area contributed by atoms with Gasteiger partial charge < -0.3 is 14.5 Å². The number of oxazole rings is 1. The molecular weight excluding hydrogens is 549 g/mol. The van der Waals surface area contributed by atoms with Crippen molar-refractivity contribution in [2.45, 2.75) is 19.8 Å². The molecule has 0 aliphatic carbocycles. The van der Waals surface area contributed by atoms with E-state index in [1.165, 1.54) is 5.56 Å². The number of carbonyl (C=O) groups is 1. The fourth-order valence-electron chi connectivity index (χ4n) is 3.30. The fraction of sp³-hybridized carbons (Fsp3) is 0.160. The first kappa shape index (κ1) is 23.2. The van der Waals surface area contributed by atoms with E-state index in [1.54, 1.807) is 25.3 Å². The number of nitrogens with one attached hydrogen (secondary N) is 2. The summed E-state index contributed by atoms with van der Waals surface area (Å²) in [6.45, 7) is 4.29. The number of nitrogens with zero attached hydrogens (tertiary/aromatic N) is 1. The van der Waals surface area contributed by atoms with Crippen LogP contribution < -0.4 is 15.4 Å². The number of fused-ring (bicyclic) bond motifs is 1. The Kier molecular flexibility index (Phi) is 6.94. The van der Waals surface area contributed by atoms with E-state index in [1.807, 2.05) is 36.4 Å². The van der Waals surface area contributed by atoms with Gasteiger partial charge in [-0.15, -0.1) is 0 Å². The quantitative estimate of drug-likeness (QED) is 0.215. The van der Waals surface area contributed by atoms with Crippen molar-refractivity contribution in [3.63, 3.8) is 0 Å². The number of hydrogen-bond donors (Lipinski definition) is 2. The van der Waals surface area contributed by atoms with Crippen LogP contribution in [-0.4, -0.2) is 23.1 Å². The van der Waals surface area contributed by atoms with Gasteiger partial charge in [0.15, 0.2) is 10.7 Å². The van der Waals surface area contributed by atoms with Gasteiger partial charge in [0.25, 0.3) is 5.91 Å². The molecule has 0 bridgehead atoms. The van der Waals surface area contributed by atoms with Crippen molar-refractivity contribution < 1.29 is 13.9 Å². The lowest BCUT2D eigenvalue weighted by Crippen LogP contribution is -2.34. The highest BCUT2D eigenvalue weighted by molar-refractivity contribution is 14.1. The van der Waals surface area contributed by atoms with Crippen molar-refractivity contribution >= 4 is 62.6 Å². The van der Waals surface area contributed by atoms with Gasteiger partial charge in [-0.25, -0.2) is 4.98 Å². The standard InChI is InChI=1S/C25H22IN3O3S/c1-14(2)16-6-11-22-20(12-16)27-24(32-22)17-7-10-21(31-3)19(13-17)28-25(33)29-23(30)15-4-8-18(26)9-5-15/h4-14H,1-3H3,(H2,28,29,30,33). The second kappa shape index (κ2) is 9.88. The lowest BCUT2D eigenvalue weighted by molar-refractivity contribution is 0.0977. The van der Waals surface area contributed by atoms with Crippen molar-refractivity contribution in [1.82, 2.24) is 10.3 Å². The number of anilines is 1. The van der Waals surface area contributed by atoms with Crippen molar-refractivity contribution in [3.8, 4) is 17.2 Å². The normalized spacial score (nSPS) is 10.9. The van der Waals surface area contributed by atoms with Gasteiger partial charge in [-0.3, -0.25) is 10.1 Å². The zero-order valence-electron chi connectivity index (χ0n) is 18.3. The maximum atomic E-state index is 12.5. The molecule has 1 amide bonds. The molecule has 168 valence electrons. The average molecular weight is 571 g/mol. The summed E-state index contributed by atoms with van der Waals surface area (Å²) in [7, 11) is 1.57. The molecule has 8 heteroatoms. The van der Waals surface area contributed by atoms with E-state index < -0.39 is 0 Å². The molecule has 6 nitrogen and oxygen atoms in total. The Hall–Kier alpha value is -2.98. The molecule has 33 heavy (non-hydrogen) atoms. The molecule has 0 radical (unpaired) electrons. The summed E-state index contributed by atoms with van der Waals surface area (Å²) in [4.78, 5) is 17.1. The summed E-state index contributed by atoms with van der Waals surface area (Å²) in [5.74, 6) is 1.18. The molecule has 3 aromatic carbocycles. The maximum Gasteiger partial charge on any atom is 0.257 e. The molecule has 0 unspecified atom stereocenters. The van der Waals surface area contributed by atoms with Gasteiger partial charge in [0.1, 0.15) is 11.3 Å². The van der Waals surface area contributed by atoms with Crippen molar-refractivity contribution in [2.75, 3.05) is 12.4 Å². The molecular formula is C25H22IN3O3S. The van der Waals surface area contributed by atoms with Crippen molar-refractivity contribution in [3.05, 3.63) is 75.4 Å². The van der Waals surface area contributed by atoms with Gasteiger partial charge in [0, 0.05) is 14.7 Å². The summed E-state index contributed by atoms with van der Waals surface area (Å²) < 4.78 is 12.5. The SMILES string of the molecule is COc1ccc(-c2nc3cc(C(C)C)ccc3o2)cc1NC(=S)NC(=O)c1ccc(I)cc1.